The van der Waals surface area contributed by atoms with E-state index in [-0.39, 0.29) is 0 Å². The van der Waals surface area contributed by atoms with Crippen molar-refractivity contribution in [2.75, 3.05) is 6.54 Å². The van der Waals surface area contributed by atoms with Crippen LogP contribution in [0.2, 0.25) is 0 Å². The first-order valence-electron chi connectivity index (χ1n) is 5.21. The molecule has 1 fully saturated rings. The van der Waals surface area contributed by atoms with Crippen molar-refractivity contribution in [3.63, 3.8) is 0 Å². The van der Waals surface area contributed by atoms with Crippen LogP contribution >= 0.6 is 0 Å². The number of likely N-dealkylation sites (tertiary alicyclic amines) is 1. The van der Waals surface area contributed by atoms with E-state index < -0.39 is 0 Å². The lowest BCUT2D eigenvalue weighted by atomic mass is 10.1. The first-order valence-corrected chi connectivity index (χ1v) is 5.21. The molecule has 1 saturated heterocycles. The summed E-state index contributed by atoms with van der Waals surface area (Å²) < 4.78 is 0. The van der Waals surface area contributed by atoms with E-state index in [1.165, 1.54) is 18.5 Å². The summed E-state index contributed by atoms with van der Waals surface area (Å²) in [7, 11) is 0. The molecule has 2 rings (SSSR count). The highest BCUT2D eigenvalue weighted by molar-refractivity contribution is 5.11. The molecule has 0 amide bonds. The second kappa shape index (κ2) is 4.27. The van der Waals surface area contributed by atoms with Crippen LogP contribution in [0, 0.1) is 0 Å². The number of hydrogen-bond donors (Lipinski definition) is 0. The molecule has 0 aromatic carbocycles. The van der Waals surface area contributed by atoms with Crippen LogP contribution in [0.5, 0.6) is 0 Å². The zero-order valence-electron chi connectivity index (χ0n) is 8.56. The Bertz CT molecular complexity index is 305. The van der Waals surface area contributed by atoms with Gasteiger partial charge in [0.25, 0.3) is 0 Å². The van der Waals surface area contributed by atoms with Gasteiger partial charge in [-0.05, 0) is 38.1 Å². The maximum atomic E-state index is 4.42. The number of rotatable bonds is 2. The van der Waals surface area contributed by atoms with Gasteiger partial charge in [0.1, 0.15) is 0 Å². The first-order chi connectivity index (χ1) is 6.92. The number of aromatic nitrogens is 1. The van der Waals surface area contributed by atoms with Crippen LogP contribution in [0.15, 0.2) is 36.7 Å². The van der Waals surface area contributed by atoms with Gasteiger partial charge < -0.3 is 4.90 Å². The minimum absolute atomic E-state index is 0.493. The normalized spacial score (nSPS) is 22.1. The van der Waals surface area contributed by atoms with Crippen LogP contribution < -0.4 is 0 Å². The van der Waals surface area contributed by atoms with Crippen molar-refractivity contribution in [3.8, 4) is 0 Å². The third-order valence-electron chi connectivity index (χ3n) is 2.66. The molecule has 0 N–H and O–H groups in total. The lowest BCUT2D eigenvalue weighted by molar-refractivity contribution is 0.351. The summed E-state index contributed by atoms with van der Waals surface area (Å²) >= 11 is 0. The van der Waals surface area contributed by atoms with Gasteiger partial charge in [-0.1, -0.05) is 12.1 Å². The summed E-state index contributed by atoms with van der Waals surface area (Å²) in [6.45, 7) is 3.22. The smallest absolute Gasteiger partial charge is 0.0708 e. The quantitative estimate of drug-likeness (QED) is 0.709. The van der Waals surface area contributed by atoms with Crippen LogP contribution in [-0.4, -0.2) is 16.4 Å². The predicted molar refractivity (Wildman–Crippen MR) is 57.7 cm³/mol. The van der Waals surface area contributed by atoms with E-state index in [1.54, 1.807) is 0 Å². The van der Waals surface area contributed by atoms with E-state index in [9.17, 15) is 0 Å². The van der Waals surface area contributed by atoms with E-state index >= 15 is 0 Å². The van der Waals surface area contributed by atoms with Crippen molar-refractivity contribution >= 4 is 0 Å². The molecule has 74 valence electrons. The van der Waals surface area contributed by atoms with Gasteiger partial charge in [0.15, 0.2) is 0 Å². The van der Waals surface area contributed by atoms with Crippen molar-refractivity contribution in [2.45, 2.75) is 25.8 Å². The number of allylic oxidation sites excluding steroid dienone is 1. The Morgan fingerprint density at radius 3 is 3.14 bits per heavy atom. The van der Waals surface area contributed by atoms with Gasteiger partial charge in [-0.15, -0.1) is 0 Å². The largest absolute Gasteiger partial charge is 0.369 e. The van der Waals surface area contributed by atoms with E-state index in [4.69, 9.17) is 0 Å². The van der Waals surface area contributed by atoms with E-state index in [2.05, 4.69) is 41.2 Å². The Morgan fingerprint density at radius 2 is 2.43 bits per heavy atom. The fraction of sp³-hybridized carbons (Fsp3) is 0.417. The Hall–Kier alpha value is -1.31. The summed E-state index contributed by atoms with van der Waals surface area (Å²) in [6.07, 6.45) is 8.64. The van der Waals surface area contributed by atoms with E-state index in [0.717, 1.165) is 6.54 Å². The summed E-state index contributed by atoms with van der Waals surface area (Å²) in [5.41, 5.74) is 1.20. The molecule has 0 radical (unpaired) electrons. The molecule has 1 aliphatic heterocycles. The summed E-state index contributed by atoms with van der Waals surface area (Å²) in [6, 6.07) is 6.65. The van der Waals surface area contributed by atoms with Crippen LogP contribution in [0.4, 0.5) is 0 Å². The highest BCUT2D eigenvalue weighted by atomic mass is 15.2. The minimum Gasteiger partial charge on any atom is -0.369 e. The van der Waals surface area contributed by atoms with Crippen molar-refractivity contribution in [1.82, 2.24) is 9.88 Å². The molecule has 1 atom stereocenters. The molecule has 2 heteroatoms. The monoisotopic (exact) mass is 188 g/mol. The van der Waals surface area contributed by atoms with Crippen molar-refractivity contribution in [1.29, 1.82) is 0 Å². The first kappa shape index (κ1) is 9.25. The van der Waals surface area contributed by atoms with Crippen LogP contribution in [-0.2, 0) is 0 Å². The van der Waals surface area contributed by atoms with Crippen molar-refractivity contribution in [3.05, 3.63) is 42.4 Å². The standard InChI is InChI=1S/C12H16N2/c1-2-9-14-10-5-7-12(14)11-6-3-4-8-13-11/h2-4,6,8-9,12H,5,7,10H2,1H3. The third kappa shape index (κ3) is 1.79. The summed E-state index contributed by atoms with van der Waals surface area (Å²) in [5, 5.41) is 0. The fourth-order valence-electron chi connectivity index (χ4n) is 2.05. The Balaban J connectivity index is 2.18. The van der Waals surface area contributed by atoms with E-state index in [0.29, 0.717) is 6.04 Å². The molecule has 0 saturated carbocycles. The molecule has 2 nitrogen and oxygen atoms in total. The zero-order chi connectivity index (χ0) is 9.80. The second-order valence-electron chi connectivity index (χ2n) is 3.63. The SMILES string of the molecule is CC=CN1CCCC1c1ccccn1. The van der Waals surface area contributed by atoms with Crippen LogP contribution in [0.1, 0.15) is 31.5 Å². The van der Waals surface area contributed by atoms with Gasteiger partial charge in [-0.3, -0.25) is 4.98 Å². The average Bonchev–Trinajstić information content (AvgIpc) is 2.68. The number of pyridine rings is 1. The molecule has 0 spiro atoms. The molecule has 2 heterocycles. The molecular weight excluding hydrogens is 172 g/mol. The van der Waals surface area contributed by atoms with Crippen molar-refractivity contribution < 1.29 is 0 Å². The maximum absolute atomic E-state index is 4.42. The van der Waals surface area contributed by atoms with Gasteiger partial charge in [-0.25, -0.2) is 0 Å². The van der Waals surface area contributed by atoms with Crippen LogP contribution in [0.25, 0.3) is 0 Å². The highest BCUT2D eigenvalue weighted by Crippen LogP contribution is 2.30. The molecule has 0 bridgehead atoms. The Kier molecular flexibility index (Phi) is 2.82. The van der Waals surface area contributed by atoms with E-state index in [1.807, 2.05) is 12.3 Å². The van der Waals surface area contributed by atoms with Gasteiger partial charge in [0, 0.05) is 12.7 Å². The van der Waals surface area contributed by atoms with Gasteiger partial charge >= 0.3 is 0 Å². The molecule has 1 unspecified atom stereocenters. The zero-order valence-corrected chi connectivity index (χ0v) is 8.56. The summed E-state index contributed by atoms with van der Waals surface area (Å²) in [5.74, 6) is 0. The lowest BCUT2D eigenvalue weighted by Crippen LogP contribution is -2.17. The Labute approximate surface area is 85.3 Å². The predicted octanol–water partition coefficient (Wildman–Crippen LogP) is 2.75. The highest BCUT2D eigenvalue weighted by Gasteiger charge is 2.23. The number of nitrogens with zero attached hydrogens (tertiary/aromatic N) is 2. The topological polar surface area (TPSA) is 16.1 Å². The molecule has 0 aliphatic carbocycles. The minimum atomic E-state index is 0.493. The molecule has 1 aromatic heterocycles. The van der Waals surface area contributed by atoms with Gasteiger partial charge in [0.2, 0.25) is 0 Å². The van der Waals surface area contributed by atoms with Gasteiger partial charge in [0.05, 0.1) is 11.7 Å². The summed E-state index contributed by atoms with van der Waals surface area (Å²) in [4.78, 5) is 6.79. The maximum Gasteiger partial charge on any atom is 0.0708 e. The molecule has 1 aliphatic rings. The van der Waals surface area contributed by atoms with Crippen molar-refractivity contribution in [2.24, 2.45) is 0 Å². The second-order valence-corrected chi connectivity index (χ2v) is 3.63. The van der Waals surface area contributed by atoms with Crippen LogP contribution in [0.3, 0.4) is 0 Å². The molecule has 14 heavy (non-hydrogen) atoms. The number of hydrogen-bond acceptors (Lipinski definition) is 2. The molecule has 1 aromatic rings. The molecular formula is C12H16N2. The lowest BCUT2D eigenvalue weighted by Gasteiger charge is -2.21. The van der Waals surface area contributed by atoms with Gasteiger partial charge in [-0.2, -0.15) is 0 Å². The Morgan fingerprint density at radius 1 is 1.50 bits per heavy atom. The third-order valence-corrected chi connectivity index (χ3v) is 2.66. The fourth-order valence-corrected chi connectivity index (χ4v) is 2.05. The average molecular weight is 188 g/mol.